The Balaban J connectivity index is 1.50. The van der Waals surface area contributed by atoms with Crippen LogP contribution in [-0.4, -0.2) is 12.5 Å². The second-order valence-corrected chi connectivity index (χ2v) is 6.59. The van der Waals surface area contributed by atoms with E-state index in [4.69, 9.17) is 0 Å². The van der Waals surface area contributed by atoms with E-state index >= 15 is 0 Å². The van der Waals surface area contributed by atoms with Crippen LogP contribution in [0, 0.1) is 5.92 Å². The van der Waals surface area contributed by atoms with Crippen molar-refractivity contribution in [2.45, 2.75) is 17.2 Å². The summed E-state index contributed by atoms with van der Waals surface area (Å²) in [6, 6.07) is 20.4. The molecule has 3 heteroatoms. The Morgan fingerprint density at radius 1 is 1.10 bits per heavy atom. The van der Waals surface area contributed by atoms with E-state index < -0.39 is 0 Å². The van der Waals surface area contributed by atoms with Gasteiger partial charge in [-0.1, -0.05) is 76.6 Å². The van der Waals surface area contributed by atoms with Gasteiger partial charge in [0, 0.05) is 12.5 Å². The monoisotopic (exact) mass is 343 g/mol. The third-order valence-corrected chi connectivity index (χ3v) is 4.82. The highest BCUT2D eigenvalue weighted by atomic mass is 79.9. The van der Waals surface area contributed by atoms with E-state index in [-0.39, 0.29) is 16.7 Å². The zero-order valence-electron chi connectivity index (χ0n) is 11.7. The van der Waals surface area contributed by atoms with Gasteiger partial charge in [-0.05, 0) is 23.5 Å². The maximum absolute atomic E-state index is 12.2. The molecule has 1 aliphatic rings. The number of carbonyl (C=O) groups is 1. The Kier molecular flexibility index (Phi) is 4.39. The highest BCUT2D eigenvalue weighted by molar-refractivity contribution is 9.09. The van der Waals surface area contributed by atoms with Gasteiger partial charge < -0.3 is 5.32 Å². The van der Waals surface area contributed by atoms with Crippen molar-refractivity contribution in [1.29, 1.82) is 0 Å². The van der Waals surface area contributed by atoms with Gasteiger partial charge in [0.15, 0.2) is 0 Å². The summed E-state index contributed by atoms with van der Waals surface area (Å²) in [5.74, 6) is 0.712. The molecule has 0 aromatic heterocycles. The highest BCUT2D eigenvalue weighted by Gasteiger charge is 2.43. The number of halogens is 1. The second kappa shape index (κ2) is 6.44. The lowest BCUT2D eigenvalue weighted by Gasteiger charge is -2.11. The van der Waals surface area contributed by atoms with Gasteiger partial charge in [0.25, 0.3) is 0 Å². The molecule has 0 radical (unpaired) electrons. The molecular weight excluding hydrogens is 326 g/mol. The van der Waals surface area contributed by atoms with Crippen molar-refractivity contribution in [2.24, 2.45) is 5.92 Å². The number of rotatable bonds is 5. The number of hydrogen-bond acceptors (Lipinski definition) is 1. The van der Waals surface area contributed by atoms with Crippen LogP contribution in [0.4, 0.5) is 0 Å². The van der Waals surface area contributed by atoms with E-state index in [9.17, 15) is 4.79 Å². The lowest BCUT2D eigenvalue weighted by Crippen LogP contribution is -2.28. The molecule has 3 rings (SSSR count). The van der Waals surface area contributed by atoms with E-state index in [1.165, 1.54) is 11.1 Å². The largest absolute Gasteiger partial charge is 0.354 e. The molecule has 2 nitrogen and oxygen atoms in total. The van der Waals surface area contributed by atoms with Gasteiger partial charge in [0.2, 0.25) is 5.91 Å². The molecule has 2 aromatic rings. The lowest BCUT2D eigenvalue weighted by atomic mass is 10.1. The van der Waals surface area contributed by atoms with Crippen LogP contribution in [0.5, 0.6) is 0 Å². The Hall–Kier alpha value is -1.61. The second-order valence-electron chi connectivity index (χ2n) is 5.48. The summed E-state index contributed by atoms with van der Waals surface area (Å²) in [6.07, 6.45) is 0.966. The first-order chi connectivity index (χ1) is 10.3. The summed E-state index contributed by atoms with van der Waals surface area (Å²) in [5, 5.41) is 3.06. The van der Waals surface area contributed by atoms with Crippen LogP contribution in [0.25, 0.3) is 0 Å². The number of nitrogens with one attached hydrogen (secondary N) is 1. The predicted molar refractivity (Wildman–Crippen MR) is 88.4 cm³/mol. The molecule has 0 bridgehead atoms. The van der Waals surface area contributed by atoms with Crippen molar-refractivity contribution in [3.8, 4) is 0 Å². The summed E-state index contributed by atoms with van der Waals surface area (Å²) < 4.78 is 0. The summed E-state index contributed by atoms with van der Waals surface area (Å²) >= 11 is 3.63. The summed E-state index contributed by atoms with van der Waals surface area (Å²) in [5.41, 5.74) is 2.46. The van der Waals surface area contributed by atoms with Gasteiger partial charge in [-0.15, -0.1) is 0 Å². The number of alkyl halides is 1. The number of hydrogen-bond donors (Lipinski definition) is 1. The molecule has 0 spiro atoms. The molecule has 1 fully saturated rings. The summed E-state index contributed by atoms with van der Waals surface area (Å²) in [6.45, 7) is 0.626. The summed E-state index contributed by atoms with van der Waals surface area (Å²) in [4.78, 5) is 12.4. The molecule has 0 saturated heterocycles. The van der Waals surface area contributed by atoms with Gasteiger partial charge in [-0.2, -0.15) is 0 Å². The Labute approximate surface area is 133 Å². The van der Waals surface area contributed by atoms with Crippen molar-refractivity contribution in [2.75, 3.05) is 6.54 Å². The van der Waals surface area contributed by atoms with Gasteiger partial charge >= 0.3 is 0 Å². The van der Waals surface area contributed by atoms with Crippen LogP contribution < -0.4 is 5.32 Å². The molecule has 1 N–H and O–H groups in total. The first-order valence-corrected chi connectivity index (χ1v) is 8.19. The van der Waals surface area contributed by atoms with Gasteiger partial charge in [0.1, 0.15) is 0 Å². The minimum absolute atomic E-state index is 0.142. The average Bonchev–Trinajstić information content (AvgIpc) is 3.35. The van der Waals surface area contributed by atoms with E-state index in [1.54, 1.807) is 0 Å². The fraction of sp³-hybridized carbons (Fsp3) is 0.278. The highest BCUT2D eigenvalue weighted by Crippen LogP contribution is 2.47. The predicted octanol–water partition coefficient (Wildman–Crippen LogP) is 4.04. The Morgan fingerprint density at radius 2 is 1.71 bits per heavy atom. The number of benzene rings is 2. The fourth-order valence-corrected chi connectivity index (χ4v) is 3.12. The van der Waals surface area contributed by atoms with E-state index in [0.717, 1.165) is 6.42 Å². The Bertz CT molecular complexity index is 599. The van der Waals surface area contributed by atoms with Gasteiger partial charge in [-0.25, -0.2) is 0 Å². The topological polar surface area (TPSA) is 29.1 Å². The third-order valence-electron chi connectivity index (χ3n) is 3.97. The van der Waals surface area contributed by atoms with Crippen LogP contribution in [0.1, 0.15) is 28.3 Å². The Morgan fingerprint density at radius 3 is 2.38 bits per heavy atom. The number of carbonyl (C=O) groups excluding carboxylic acids is 1. The maximum atomic E-state index is 12.2. The number of amides is 1. The minimum atomic E-state index is 0.142. The molecule has 3 atom stereocenters. The van der Waals surface area contributed by atoms with Crippen LogP contribution in [-0.2, 0) is 4.79 Å². The van der Waals surface area contributed by atoms with Crippen LogP contribution in [0.15, 0.2) is 60.7 Å². The molecule has 21 heavy (non-hydrogen) atoms. The third kappa shape index (κ3) is 3.53. The van der Waals surface area contributed by atoms with Gasteiger partial charge in [0.05, 0.1) is 4.83 Å². The first kappa shape index (κ1) is 14.3. The van der Waals surface area contributed by atoms with Crippen molar-refractivity contribution in [3.63, 3.8) is 0 Å². The standard InChI is InChI=1S/C18H18BrNO/c19-17(14-9-5-2-6-10-14)12-20-18(21)16-11-15(16)13-7-3-1-4-8-13/h1-10,15-17H,11-12H2,(H,20,21). The van der Waals surface area contributed by atoms with Crippen LogP contribution >= 0.6 is 15.9 Å². The molecule has 2 aromatic carbocycles. The molecule has 1 aliphatic carbocycles. The van der Waals surface area contributed by atoms with Crippen LogP contribution in [0.3, 0.4) is 0 Å². The molecule has 1 saturated carbocycles. The zero-order valence-corrected chi connectivity index (χ0v) is 13.3. The minimum Gasteiger partial charge on any atom is -0.354 e. The lowest BCUT2D eigenvalue weighted by molar-refractivity contribution is -0.122. The van der Waals surface area contributed by atoms with Crippen molar-refractivity contribution < 1.29 is 4.79 Å². The average molecular weight is 344 g/mol. The van der Waals surface area contributed by atoms with E-state index in [0.29, 0.717) is 12.5 Å². The van der Waals surface area contributed by atoms with Crippen molar-refractivity contribution >= 4 is 21.8 Å². The zero-order chi connectivity index (χ0) is 14.7. The van der Waals surface area contributed by atoms with E-state index in [1.807, 2.05) is 36.4 Å². The van der Waals surface area contributed by atoms with Crippen LogP contribution in [0.2, 0.25) is 0 Å². The molecule has 3 unspecified atom stereocenters. The maximum Gasteiger partial charge on any atom is 0.223 e. The molecule has 0 aliphatic heterocycles. The quantitative estimate of drug-likeness (QED) is 0.815. The molecule has 0 heterocycles. The van der Waals surface area contributed by atoms with E-state index in [2.05, 4.69) is 45.5 Å². The normalized spacial score (nSPS) is 21.6. The smallest absolute Gasteiger partial charge is 0.223 e. The van der Waals surface area contributed by atoms with Crippen molar-refractivity contribution in [1.82, 2.24) is 5.32 Å². The summed E-state index contributed by atoms with van der Waals surface area (Å²) in [7, 11) is 0. The van der Waals surface area contributed by atoms with Gasteiger partial charge in [-0.3, -0.25) is 4.79 Å². The SMILES string of the molecule is O=C(NCC(Br)c1ccccc1)C1CC1c1ccccc1. The molecular formula is C18H18BrNO. The first-order valence-electron chi connectivity index (χ1n) is 7.27. The van der Waals surface area contributed by atoms with Crippen molar-refractivity contribution in [3.05, 3.63) is 71.8 Å². The molecule has 1 amide bonds. The molecule has 108 valence electrons. The fourth-order valence-electron chi connectivity index (χ4n) is 2.65.